The summed E-state index contributed by atoms with van der Waals surface area (Å²) in [5, 5.41) is 0. The Kier molecular flexibility index (Phi) is 2.27. The third-order valence-electron chi connectivity index (χ3n) is 3.20. The molecule has 0 bridgehead atoms. The van der Waals surface area contributed by atoms with Crippen molar-refractivity contribution in [2.24, 2.45) is 11.5 Å². The SMILES string of the molecule is CC(C(N)=O)c1ccc(C2(N)CC2)cc1. The van der Waals surface area contributed by atoms with Crippen LogP contribution in [0.25, 0.3) is 0 Å². The Hall–Kier alpha value is -1.35. The maximum absolute atomic E-state index is 11.0. The summed E-state index contributed by atoms with van der Waals surface area (Å²) < 4.78 is 0. The molecule has 1 fully saturated rings. The topological polar surface area (TPSA) is 69.1 Å². The molecule has 0 radical (unpaired) electrons. The van der Waals surface area contributed by atoms with Crippen molar-refractivity contribution in [1.82, 2.24) is 0 Å². The predicted octanol–water partition coefficient (Wildman–Crippen LogP) is 1.22. The standard InChI is InChI=1S/C12H16N2O/c1-8(11(13)15)9-2-4-10(5-3-9)12(14)6-7-12/h2-5,8H,6-7,14H2,1H3,(H2,13,15). The average Bonchev–Trinajstić information content (AvgIpc) is 2.97. The molecule has 3 nitrogen and oxygen atoms in total. The molecule has 0 aliphatic heterocycles. The molecule has 0 heterocycles. The molecule has 1 saturated carbocycles. The lowest BCUT2D eigenvalue weighted by Gasteiger charge is -2.12. The van der Waals surface area contributed by atoms with Crippen molar-refractivity contribution < 1.29 is 4.79 Å². The quantitative estimate of drug-likeness (QED) is 0.777. The minimum atomic E-state index is -0.295. The summed E-state index contributed by atoms with van der Waals surface area (Å²) in [6, 6.07) is 7.89. The summed E-state index contributed by atoms with van der Waals surface area (Å²) in [7, 11) is 0. The summed E-state index contributed by atoms with van der Waals surface area (Å²) in [6.45, 7) is 1.81. The van der Waals surface area contributed by atoms with Gasteiger partial charge in [-0.15, -0.1) is 0 Å². The Balaban J connectivity index is 2.20. The van der Waals surface area contributed by atoms with Gasteiger partial charge in [0.1, 0.15) is 0 Å². The third-order valence-corrected chi connectivity index (χ3v) is 3.20. The van der Waals surface area contributed by atoms with Crippen LogP contribution in [0, 0.1) is 0 Å². The van der Waals surface area contributed by atoms with Crippen LogP contribution in [0.3, 0.4) is 0 Å². The normalized spacial score (nSPS) is 19.6. The van der Waals surface area contributed by atoms with Crippen molar-refractivity contribution in [2.45, 2.75) is 31.2 Å². The van der Waals surface area contributed by atoms with Gasteiger partial charge in [0.15, 0.2) is 0 Å². The van der Waals surface area contributed by atoms with Gasteiger partial charge in [-0.1, -0.05) is 24.3 Å². The van der Waals surface area contributed by atoms with Crippen molar-refractivity contribution in [2.75, 3.05) is 0 Å². The van der Waals surface area contributed by atoms with Gasteiger partial charge in [-0.2, -0.15) is 0 Å². The molecule has 80 valence electrons. The van der Waals surface area contributed by atoms with E-state index in [1.807, 2.05) is 31.2 Å². The molecule has 1 aromatic rings. The lowest BCUT2D eigenvalue weighted by Crippen LogP contribution is -2.20. The van der Waals surface area contributed by atoms with E-state index < -0.39 is 0 Å². The van der Waals surface area contributed by atoms with Crippen molar-refractivity contribution in [3.8, 4) is 0 Å². The van der Waals surface area contributed by atoms with Crippen LogP contribution in [0.1, 0.15) is 36.8 Å². The van der Waals surface area contributed by atoms with Gasteiger partial charge in [-0.3, -0.25) is 4.79 Å². The molecule has 3 heteroatoms. The summed E-state index contributed by atoms with van der Waals surface area (Å²) in [5.74, 6) is -0.524. The Bertz CT molecular complexity index is 379. The number of rotatable bonds is 3. The highest BCUT2D eigenvalue weighted by Gasteiger charge is 2.39. The van der Waals surface area contributed by atoms with Gasteiger partial charge in [0.2, 0.25) is 5.91 Å². The van der Waals surface area contributed by atoms with Crippen LogP contribution in [0.2, 0.25) is 0 Å². The minimum absolute atomic E-state index is 0.103. The number of nitrogens with two attached hydrogens (primary N) is 2. The summed E-state index contributed by atoms with van der Waals surface area (Å²) in [5.41, 5.74) is 13.3. The minimum Gasteiger partial charge on any atom is -0.369 e. The molecule has 0 spiro atoms. The molecule has 4 N–H and O–H groups in total. The highest BCUT2D eigenvalue weighted by atomic mass is 16.1. The lowest BCUT2D eigenvalue weighted by atomic mass is 9.97. The molecule has 1 aliphatic rings. The number of primary amides is 1. The Morgan fingerprint density at radius 2 is 1.87 bits per heavy atom. The molecule has 1 aromatic carbocycles. The molecule has 1 unspecified atom stereocenters. The van der Waals surface area contributed by atoms with Crippen LogP contribution in [0.5, 0.6) is 0 Å². The predicted molar refractivity (Wildman–Crippen MR) is 59.2 cm³/mol. The van der Waals surface area contributed by atoms with Crippen LogP contribution in [0.15, 0.2) is 24.3 Å². The van der Waals surface area contributed by atoms with Crippen molar-refractivity contribution in [1.29, 1.82) is 0 Å². The largest absolute Gasteiger partial charge is 0.369 e. The fraction of sp³-hybridized carbons (Fsp3) is 0.417. The number of benzene rings is 1. The number of hydrogen-bond acceptors (Lipinski definition) is 2. The van der Waals surface area contributed by atoms with Gasteiger partial charge < -0.3 is 11.5 Å². The van der Waals surface area contributed by atoms with E-state index in [2.05, 4.69) is 0 Å². The highest BCUT2D eigenvalue weighted by Crippen LogP contribution is 2.42. The van der Waals surface area contributed by atoms with Crippen LogP contribution in [-0.4, -0.2) is 5.91 Å². The zero-order valence-corrected chi connectivity index (χ0v) is 8.86. The van der Waals surface area contributed by atoms with Gasteiger partial charge in [0, 0.05) is 5.54 Å². The van der Waals surface area contributed by atoms with Gasteiger partial charge in [-0.05, 0) is 30.9 Å². The van der Waals surface area contributed by atoms with E-state index >= 15 is 0 Å². The molecule has 0 saturated heterocycles. The third kappa shape index (κ3) is 1.88. The first-order valence-corrected chi connectivity index (χ1v) is 5.21. The molecular formula is C12H16N2O. The maximum atomic E-state index is 11.0. The van der Waals surface area contributed by atoms with Crippen LogP contribution in [-0.2, 0) is 10.3 Å². The second-order valence-electron chi connectivity index (χ2n) is 4.40. The smallest absolute Gasteiger partial charge is 0.224 e. The zero-order valence-electron chi connectivity index (χ0n) is 8.86. The molecule has 0 aromatic heterocycles. The fourth-order valence-electron chi connectivity index (χ4n) is 1.69. The summed E-state index contributed by atoms with van der Waals surface area (Å²) >= 11 is 0. The van der Waals surface area contributed by atoms with Crippen LogP contribution >= 0.6 is 0 Å². The van der Waals surface area contributed by atoms with E-state index in [0.29, 0.717) is 0 Å². The Morgan fingerprint density at radius 1 is 1.33 bits per heavy atom. The molecule has 1 amide bonds. The van der Waals surface area contributed by atoms with Gasteiger partial charge in [0.05, 0.1) is 5.92 Å². The van der Waals surface area contributed by atoms with E-state index in [-0.39, 0.29) is 17.4 Å². The van der Waals surface area contributed by atoms with Crippen LogP contribution < -0.4 is 11.5 Å². The first-order chi connectivity index (χ1) is 7.03. The van der Waals surface area contributed by atoms with Crippen molar-refractivity contribution >= 4 is 5.91 Å². The molecular weight excluding hydrogens is 188 g/mol. The monoisotopic (exact) mass is 204 g/mol. The van der Waals surface area contributed by atoms with Crippen molar-refractivity contribution in [3.63, 3.8) is 0 Å². The van der Waals surface area contributed by atoms with Crippen molar-refractivity contribution in [3.05, 3.63) is 35.4 Å². The van der Waals surface area contributed by atoms with Gasteiger partial charge >= 0.3 is 0 Å². The maximum Gasteiger partial charge on any atom is 0.224 e. The summed E-state index contributed by atoms with van der Waals surface area (Å²) in [6.07, 6.45) is 2.11. The average molecular weight is 204 g/mol. The fourth-order valence-corrected chi connectivity index (χ4v) is 1.69. The van der Waals surface area contributed by atoms with E-state index in [9.17, 15) is 4.79 Å². The summed E-state index contributed by atoms with van der Waals surface area (Å²) in [4.78, 5) is 11.0. The molecule has 1 aliphatic carbocycles. The highest BCUT2D eigenvalue weighted by molar-refractivity contribution is 5.81. The van der Waals surface area contributed by atoms with E-state index in [1.54, 1.807) is 0 Å². The second kappa shape index (κ2) is 3.35. The van der Waals surface area contributed by atoms with Crippen LogP contribution in [0.4, 0.5) is 0 Å². The molecule has 1 atom stereocenters. The number of hydrogen-bond donors (Lipinski definition) is 2. The van der Waals surface area contributed by atoms with E-state index in [4.69, 9.17) is 11.5 Å². The van der Waals surface area contributed by atoms with Gasteiger partial charge in [-0.25, -0.2) is 0 Å². The van der Waals surface area contributed by atoms with E-state index in [0.717, 1.165) is 24.0 Å². The number of carbonyl (C=O) groups is 1. The van der Waals surface area contributed by atoms with Gasteiger partial charge in [0.25, 0.3) is 0 Å². The first-order valence-electron chi connectivity index (χ1n) is 5.21. The zero-order chi connectivity index (χ0) is 11.1. The number of amides is 1. The first kappa shape index (κ1) is 10.2. The molecule has 2 rings (SSSR count). The number of carbonyl (C=O) groups excluding carboxylic acids is 1. The lowest BCUT2D eigenvalue weighted by molar-refractivity contribution is -0.119. The van der Waals surface area contributed by atoms with E-state index in [1.165, 1.54) is 0 Å². The Labute approximate surface area is 89.5 Å². The second-order valence-corrected chi connectivity index (χ2v) is 4.40. The molecule has 15 heavy (non-hydrogen) atoms. The Morgan fingerprint density at radius 3 is 2.27 bits per heavy atom.